The molecule has 0 aromatic heterocycles. The number of rotatable bonds is 5. The monoisotopic (exact) mass is 623 g/mol. The van der Waals surface area contributed by atoms with Crippen molar-refractivity contribution in [2.24, 2.45) is 0 Å². The van der Waals surface area contributed by atoms with Crippen LogP contribution in [0.15, 0.2) is 176 Å². The van der Waals surface area contributed by atoms with Crippen LogP contribution in [0.4, 0.5) is 5.69 Å². The van der Waals surface area contributed by atoms with Crippen LogP contribution in [-0.2, 0) is 11.8 Å². The highest BCUT2D eigenvalue weighted by molar-refractivity contribution is 6.13. The van der Waals surface area contributed by atoms with Crippen LogP contribution in [0.1, 0.15) is 38.9 Å². The predicted molar refractivity (Wildman–Crippen MR) is 205 cm³/mol. The van der Waals surface area contributed by atoms with E-state index in [2.05, 4.69) is 163 Å². The van der Waals surface area contributed by atoms with E-state index in [0.717, 1.165) is 12.1 Å². The molecule has 1 N–H and O–H groups in total. The lowest BCUT2D eigenvalue weighted by Crippen LogP contribution is -2.26. The average molecular weight is 624 g/mol. The van der Waals surface area contributed by atoms with Gasteiger partial charge in [0.25, 0.3) is 0 Å². The average Bonchev–Trinajstić information content (AvgIpc) is 3.79. The van der Waals surface area contributed by atoms with E-state index in [1.807, 2.05) is 24.4 Å². The summed E-state index contributed by atoms with van der Waals surface area (Å²) in [5.74, 6) is 0. The molecule has 0 saturated heterocycles. The van der Waals surface area contributed by atoms with Gasteiger partial charge in [-0.3, -0.25) is 0 Å². The third-order valence-electron chi connectivity index (χ3n) is 10.8. The molecule has 0 fully saturated rings. The molecule has 10 rings (SSSR count). The normalized spacial score (nSPS) is 16.4. The van der Waals surface area contributed by atoms with Gasteiger partial charge in [-0.2, -0.15) is 0 Å². The van der Waals surface area contributed by atoms with Gasteiger partial charge in [-0.15, -0.1) is 0 Å². The summed E-state index contributed by atoms with van der Waals surface area (Å²) in [6.45, 7) is 0. The van der Waals surface area contributed by atoms with E-state index in [-0.39, 0.29) is 5.41 Å². The molecule has 0 radical (unpaired) electrons. The van der Waals surface area contributed by atoms with Gasteiger partial charge in [-0.05, 0) is 114 Å². The van der Waals surface area contributed by atoms with Gasteiger partial charge < -0.3 is 5.32 Å². The van der Waals surface area contributed by atoms with Crippen LogP contribution in [0.5, 0.6) is 0 Å². The van der Waals surface area contributed by atoms with E-state index in [1.165, 1.54) is 83.5 Å². The third-order valence-corrected chi connectivity index (χ3v) is 10.8. The van der Waals surface area contributed by atoms with Crippen molar-refractivity contribution in [3.8, 4) is 33.4 Å². The zero-order valence-electron chi connectivity index (χ0n) is 27.0. The Morgan fingerprint density at radius 1 is 0.449 bits per heavy atom. The van der Waals surface area contributed by atoms with E-state index in [0.29, 0.717) is 0 Å². The van der Waals surface area contributed by atoms with Crippen LogP contribution in [0.25, 0.3) is 50.6 Å². The molecule has 1 atom stereocenters. The smallest absolute Gasteiger partial charge is 0.0728 e. The molecule has 7 aromatic rings. The van der Waals surface area contributed by atoms with E-state index in [1.54, 1.807) is 0 Å². The predicted octanol–water partition coefficient (Wildman–Crippen LogP) is 11.9. The van der Waals surface area contributed by atoms with E-state index in [9.17, 15) is 0 Å². The zero-order chi connectivity index (χ0) is 32.4. The molecule has 3 aliphatic carbocycles. The van der Waals surface area contributed by atoms with Crippen molar-refractivity contribution in [1.29, 1.82) is 0 Å². The number of anilines is 1. The third kappa shape index (κ3) is 4.06. The summed E-state index contributed by atoms with van der Waals surface area (Å²) in [6.07, 6.45) is 5.19. The lowest BCUT2D eigenvalue weighted by molar-refractivity contribution is 0.842. The van der Waals surface area contributed by atoms with Crippen LogP contribution in [-0.4, -0.2) is 0 Å². The molecule has 1 heteroatoms. The Morgan fingerprint density at radius 3 is 1.86 bits per heavy atom. The maximum absolute atomic E-state index is 3.43. The second-order valence-corrected chi connectivity index (χ2v) is 13.3. The first-order valence-corrected chi connectivity index (χ1v) is 17.2. The highest BCUT2D eigenvalue weighted by Crippen LogP contribution is 2.67. The minimum atomic E-state index is -0.362. The Labute approximate surface area is 287 Å². The molecule has 0 saturated carbocycles. The SMILES string of the molecule is C(=C\c1ccccc1-c1ccccc1-c1ccc2c(c1)C1(C3=C(Cc4ccccc43)c3ccccc31)c1ccccc1-2)/Nc1ccccc1. The molecule has 1 nitrogen and oxygen atoms in total. The van der Waals surface area contributed by atoms with Gasteiger partial charge >= 0.3 is 0 Å². The van der Waals surface area contributed by atoms with Crippen LogP contribution in [0.3, 0.4) is 0 Å². The van der Waals surface area contributed by atoms with Crippen LogP contribution in [0.2, 0.25) is 0 Å². The Hall–Kier alpha value is -6.18. The summed E-state index contributed by atoms with van der Waals surface area (Å²) in [5.41, 5.74) is 20.8. The van der Waals surface area contributed by atoms with Crippen molar-refractivity contribution in [1.82, 2.24) is 0 Å². The lowest BCUT2D eigenvalue weighted by atomic mass is 9.67. The summed E-state index contributed by atoms with van der Waals surface area (Å²) in [6, 6.07) is 62.5. The highest BCUT2D eigenvalue weighted by Gasteiger charge is 2.54. The first-order chi connectivity index (χ1) is 24.3. The summed E-state index contributed by atoms with van der Waals surface area (Å²) in [4.78, 5) is 0. The van der Waals surface area contributed by atoms with Gasteiger partial charge in [-0.1, -0.05) is 152 Å². The zero-order valence-corrected chi connectivity index (χ0v) is 27.0. The standard InChI is InChI=1S/C48H33N/c1-2-16-35(17-3-1)49-29-28-32-14-4-6-18-36(32)39-21-9-8-19-37(39)34-26-27-42-40-22-10-12-24-44(40)48(46(42)31-34)45-25-13-11-23-41(45)43-30-33-15-5-7-20-38(33)47(43)48/h1-29,31,49H,30H2/b29-28+. The van der Waals surface area contributed by atoms with Crippen molar-refractivity contribution in [2.75, 3.05) is 5.32 Å². The van der Waals surface area contributed by atoms with Crippen molar-refractivity contribution in [3.05, 3.63) is 215 Å². The molecular weight excluding hydrogens is 591 g/mol. The number of fused-ring (bicyclic) bond motifs is 11. The maximum Gasteiger partial charge on any atom is 0.0728 e. The fraction of sp³-hybridized carbons (Fsp3) is 0.0417. The van der Waals surface area contributed by atoms with Crippen molar-refractivity contribution in [3.63, 3.8) is 0 Å². The maximum atomic E-state index is 3.43. The van der Waals surface area contributed by atoms with Crippen LogP contribution >= 0.6 is 0 Å². The Balaban J connectivity index is 1.16. The number of nitrogens with one attached hydrogen (secondary N) is 1. The summed E-state index contributed by atoms with van der Waals surface area (Å²) < 4.78 is 0. The van der Waals surface area contributed by atoms with Gasteiger partial charge in [0.05, 0.1) is 5.41 Å². The molecule has 3 aliphatic rings. The second-order valence-electron chi connectivity index (χ2n) is 13.3. The Morgan fingerprint density at radius 2 is 1.04 bits per heavy atom. The van der Waals surface area contributed by atoms with Gasteiger partial charge in [0.1, 0.15) is 0 Å². The first kappa shape index (κ1) is 27.9. The number of para-hydroxylation sites is 1. The van der Waals surface area contributed by atoms with Gasteiger partial charge in [0, 0.05) is 11.9 Å². The fourth-order valence-electron chi connectivity index (χ4n) is 8.85. The lowest BCUT2D eigenvalue weighted by Gasteiger charge is -2.33. The van der Waals surface area contributed by atoms with Gasteiger partial charge in [0.15, 0.2) is 0 Å². The Bertz CT molecular complexity index is 2500. The van der Waals surface area contributed by atoms with E-state index >= 15 is 0 Å². The van der Waals surface area contributed by atoms with Gasteiger partial charge in [-0.25, -0.2) is 0 Å². The number of allylic oxidation sites excluding steroid dienone is 2. The topological polar surface area (TPSA) is 12.0 Å². The summed E-state index contributed by atoms with van der Waals surface area (Å²) >= 11 is 0. The largest absolute Gasteiger partial charge is 0.362 e. The number of hydrogen-bond donors (Lipinski definition) is 1. The minimum absolute atomic E-state index is 0.362. The molecule has 49 heavy (non-hydrogen) atoms. The quantitative estimate of drug-likeness (QED) is 0.201. The van der Waals surface area contributed by atoms with Gasteiger partial charge in [0.2, 0.25) is 0 Å². The molecule has 1 spiro atoms. The molecule has 230 valence electrons. The molecule has 0 amide bonds. The highest BCUT2D eigenvalue weighted by atomic mass is 14.8. The van der Waals surface area contributed by atoms with Crippen LogP contribution in [0, 0.1) is 0 Å². The molecule has 0 heterocycles. The second kappa shape index (κ2) is 10.9. The molecule has 0 aliphatic heterocycles. The molecule has 7 aromatic carbocycles. The van der Waals surface area contributed by atoms with E-state index < -0.39 is 0 Å². The molecule has 1 unspecified atom stereocenters. The van der Waals surface area contributed by atoms with Crippen molar-refractivity contribution >= 4 is 22.9 Å². The number of hydrogen-bond acceptors (Lipinski definition) is 1. The minimum Gasteiger partial charge on any atom is -0.362 e. The van der Waals surface area contributed by atoms with Crippen molar-refractivity contribution in [2.45, 2.75) is 11.8 Å². The first-order valence-electron chi connectivity index (χ1n) is 17.2. The fourth-order valence-corrected chi connectivity index (χ4v) is 8.85. The van der Waals surface area contributed by atoms with Crippen molar-refractivity contribution < 1.29 is 0 Å². The molecule has 0 bridgehead atoms. The number of benzene rings is 7. The molecular formula is C48H33N. The summed E-state index contributed by atoms with van der Waals surface area (Å²) in [5, 5.41) is 3.43. The van der Waals surface area contributed by atoms with E-state index in [4.69, 9.17) is 0 Å². The Kier molecular flexibility index (Phi) is 6.22. The summed E-state index contributed by atoms with van der Waals surface area (Å²) in [7, 11) is 0. The van der Waals surface area contributed by atoms with Crippen LogP contribution < -0.4 is 5.32 Å².